The molecule has 0 N–H and O–H groups in total. The molecule has 0 spiro atoms. The van der Waals surface area contributed by atoms with E-state index in [9.17, 15) is 0 Å². The van der Waals surface area contributed by atoms with Gasteiger partial charge in [-0.15, -0.1) is 0 Å². The molecule has 0 aliphatic heterocycles. The Kier molecular flexibility index (Phi) is 43.5. The molecule has 0 heterocycles. The van der Waals surface area contributed by atoms with Crippen LogP contribution in [0.3, 0.4) is 0 Å². The van der Waals surface area contributed by atoms with Crippen molar-refractivity contribution in [3.63, 3.8) is 0 Å². The molecule has 0 unspecified atom stereocenters. The van der Waals surface area contributed by atoms with Gasteiger partial charge < -0.3 is 0 Å². The predicted octanol–water partition coefficient (Wildman–Crippen LogP) is -20.3. The Morgan fingerprint density at radius 1 is 0.250 bits per heavy atom. The van der Waals surface area contributed by atoms with Gasteiger partial charge in [-0.25, -0.2) is 0 Å². The standard InChI is InChI=1S/5AsH3O4.3V/c5*2-1(3,4)5;;;/h5*(H3,2,3,4,5);;;/q;;;;;3*+5/p-15. The molecule has 0 fully saturated rings. The van der Waals surface area contributed by atoms with Crippen molar-refractivity contribution in [3.05, 3.63) is 0 Å². The van der Waals surface area contributed by atoms with Gasteiger partial charge in [-0.1, -0.05) is 0 Å². The summed E-state index contributed by atoms with van der Waals surface area (Å²) in [6.07, 6.45) is 0. The van der Waals surface area contributed by atoms with E-state index in [1.807, 2.05) is 0 Å². The van der Waals surface area contributed by atoms with Crippen LogP contribution in [-0.4, -0.2) is 72.6 Å². The Balaban J connectivity index is -0.0000000290. The Bertz CT molecular complexity index is 379. The van der Waals surface area contributed by atoms with Crippen molar-refractivity contribution in [2.45, 2.75) is 0 Å². The van der Waals surface area contributed by atoms with Crippen LogP contribution in [0, 0.1) is 0 Å². The summed E-state index contributed by atoms with van der Waals surface area (Å²) in [5.74, 6) is 0. The fraction of sp³-hybridized carbons (Fsp3) is 0. The molecule has 0 aromatic heterocycles. The molecule has 0 bridgehead atoms. The SMILES string of the molecule is O=[As]([O-])([O-])[O-].O=[As]([O-])([O-])[O-].O=[As]([O-])([O-])[O-].O=[As]([O-])([O-])[O-].O=[As]([O-])([O-])[O-].[V+5].[V+5].[V+5]. The van der Waals surface area contributed by atoms with Gasteiger partial charge in [-0.3, -0.25) is 0 Å². The fourth-order valence-electron chi connectivity index (χ4n) is 0. The van der Waals surface area contributed by atoms with Gasteiger partial charge in [0.1, 0.15) is 0 Å². The number of hydrogen-bond donors (Lipinski definition) is 0. The first kappa shape index (κ1) is 52.7. The van der Waals surface area contributed by atoms with E-state index in [1.165, 1.54) is 0 Å². The van der Waals surface area contributed by atoms with Gasteiger partial charge in [0, 0.05) is 0 Å². The summed E-state index contributed by atoms with van der Waals surface area (Å²) in [6.45, 7) is 0. The third-order valence-corrected chi connectivity index (χ3v) is 0. The molecule has 160 valence electrons. The fourth-order valence-corrected chi connectivity index (χ4v) is 0. The van der Waals surface area contributed by atoms with E-state index < -0.39 is 72.6 Å². The molecular formula is As5O20V3. The van der Waals surface area contributed by atoms with Crippen LogP contribution < -0.4 is 61.4 Å². The maximum Gasteiger partial charge on any atom is 5.00 e. The van der Waals surface area contributed by atoms with Crippen LogP contribution >= 0.6 is 0 Å². The normalized spacial score (nSPS) is 10.5. The molecule has 0 saturated heterocycles. The van der Waals surface area contributed by atoms with Crippen molar-refractivity contribution < 1.29 is 136 Å². The minimum Gasteiger partial charge on any atom is 5.00 e. The molecule has 28 heavy (non-hydrogen) atoms. The maximum atomic E-state index is 8.61. The summed E-state index contributed by atoms with van der Waals surface area (Å²) in [6, 6.07) is 0. The van der Waals surface area contributed by atoms with Gasteiger partial charge in [0.25, 0.3) is 0 Å². The molecule has 0 saturated carbocycles. The van der Waals surface area contributed by atoms with Crippen LogP contribution in [0.15, 0.2) is 0 Å². The van der Waals surface area contributed by atoms with E-state index in [2.05, 4.69) is 0 Å². The van der Waals surface area contributed by atoms with Gasteiger partial charge in [-0.05, 0) is 0 Å². The third-order valence-electron chi connectivity index (χ3n) is 0. The molecule has 0 radical (unpaired) electrons. The summed E-state index contributed by atoms with van der Waals surface area (Å²) in [5, 5.41) is 0. The van der Waals surface area contributed by atoms with E-state index in [4.69, 9.17) is 80.1 Å². The number of hydrogen-bond acceptors (Lipinski definition) is 20. The van der Waals surface area contributed by atoms with Crippen molar-refractivity contribution in [1.29, 1.82) is 0 Å². The quantitative estimate of drug-likeness (QED) is 0.204. The Morgan fingerprint density at radius 3 is 0.250 bits per heavy atom. The van der Waals surface area contributed by atoms with Gasteiger partial charge in [0.05, 0.1) is 0 Å². The average molecular weight is 847 g/mol. The average Bonchev–Trinajstić information content (AvgIpc) is 1.79. The Hall–Kier alpha value is 2.95. The van der Waals surface area contributed by atoms with Crippen molar-refractivity contribution in [3.8, 4) is 0 Å². The summed E-state index contributed by atoms with van der Waals surface area (Å²) in [7, 11) is 0. The second-order valence-corrected chi connectivity index (χ2v) is 11.6. The van der Waals surface area contributed by atoms with E-state index in [0.29, 0.717) is 0 Å². The van der Waals surface area contributed by atoms with Crippen LogP contribution in [0.1, 0.15) is 0 Å². The van der Waals surface area contributed by atoms with Gasteiger partial charge in [-0.2, -0.15) is 0 Å². The van der Waals surface area contributed by atoms with Gasteiger partial charge in [0.2, 0.25) is 0 Å². The topological polar surface area (TPSA) is 431 Å². The van der Waals surface area contributed by atoms with Crippen molar-refractivity contribution in [2.24, 2.45) is 0 Å². The molecule has 0 aliphatic carbocycles. The summed E-state index contributed by atoms with van der Waals surface area (Å²) >= 11 is -29.4. The zero-order valence-corrected chi connectivity index (χ0v) is 25.3. The van der Waals surface area contributed by atoms with Crippen LogP contribution in [0.25, 0.3) is 0 Å². The van der Waals surface area contributed by atoms with Crippen molar-refractivity contribution in [2.75, 3.05) is 0 Å². The maximum absolute atomic E-state index is 8.61. The molecule has 0 rings (SSSR count). The van der Waals surface area contributed by atoms with E-state index in [0.717, 1.165) is 0 Å². The first-order valence-corrected chi connectivity index (χ1v) is 19.0. The summed E-state index contributed by atoms with van der Waals surface area (Å²) in [4.78, 5) is 0. The van der Waals surface area contributed by atoms with Crippen molar-refractivity contribution >= 4 is 72.6 Å². The van der Waals surface area contributed by atoms with Gasteiger partial charge >= 0.3 is 208 Å². The largest absolute Gasteiger partial charge is 5.00 e. The van der Waals surface area contributed by atoms with Crippen molar-refractivity contribution in [1.82, 2.24) is 0 Å². The minimum absolute atomic E-state index is 0. The molecule has 0 aliphatic rings. The molecule has 28 heteroatoms. The second kappa shape index (κ2) is 23.1. The zero-order valence-electron chi connectivity index (χ0n) is 11.7. The number of rotatable bonds is 0. The first-order chi connectivity index (χ1) is 10.0. The Morgan fingerprint density at radius 2 is 0.250 bits per heavy atom. The predicted molar refractivity (Wildman–Crippen MR) is 32.2 cm³/mol. The summed E-state index contributed by atoms with van der Waals surface area (Å²) < 4.78 is 172. The molecule has 0 atom stereocenters. The van der Waals surface area contributed by atoms with Crippen LogP contribution in [0.4, 0.5) is 0 Å². The van der Waals surface area contributed by atoms with E-state index in [1.54, 1.807) is 0 Å². The second-order valence-electron chi connectivity index (χ2n) is 2.24. The van der Waals surface area contributed by atoms with Crippen LogP contribution in [0.5, 0.6) is 0 Å². The smallest absolute Gasteiger partial charge is 5.00 e. The molecule has 20 nitrogen and oxygen atoms in total. The zero-order chi connectivity index (χ0) is 22.5. The monoisotopic (exact) mass is 847 g/mol. The molecule has 0 aromatic rings. The van der Waals surface area contributed by atoms with E-state index in [-0.39, 0.29) is 55.7 Å². The van der Waals surface area contributed by atoms with Crippen LogP contribution in [-0.2, 0) is 74.4 Å². The molecule has 0 amide bonds. The summed E-state index contributed by atoms with van der Waals surface area (Å²) in [5.41, 5.74) is 0. The molecule has 0 aromatic carbocycles. The van der Waals surface area contributed by atoms with E-state index >= 15 is 0 Å². The first-order valence-electron chi connectivity index (χ1n) is 3.65. The molecular weight excluding hydrogens is 847 g/mol. The van der Waals surface area contributed by atoms with Crippen LogP contribution in [0.2, 0.25) is 0 Å². The third kappa shape index (κ3) is 2610. The van der Waals surface area contributed by atoms with Gasteiger partial charge in [0.15, 0.2) is 0 Å². The minimum atomic E-state index is -5.88. The Labute approximate surface area is 206 Å².